The summed E-state index contributed by atoms with van der Waals surface area (Å²) in [7, 11) is 1.44. The highest BCUT2D eigenvalue weighted by atomic mass is 35.5. The lowest BCUT2D eigenvalue weighted by molar-refractivity contribution is 0.378. The Morgan fingerprint density at radius 2 is 2.31 bits per heavy atom. The Hall–Kier alpha value is -1.96. The highest BCUT2D eigenvalue weighted by Crippen LogP contribution is 2.10. The van der Waals surface area contributed by atoms with Gasteiger partial charge in [-0.2, -0.15) is 19.9 Å². The van der Waals surface area contributed by atoms with Crippen LogP contribution in [0.1, 0.15) is 5.82 Å². The number of halogens is 1. The molecule has 0 unspecified atom stereocenters. The molecule has 0 aliphatic rings. The van der Waals surface area contributed by atoms with Crippen LogP contribution in [0.2, 0.25) is 5.28 Å². The Labute approximate surface area is 95.0 Å². The maximum Gasteiger partial charge on any atom is 0.322 e. The van der Waals surface area contributed by atoms with Crippen molar-refractivity contribution in [3.05, 3.63) is 17.5 Å². The van der Waals surface area contributed by atoms with E-state index in [1.54, 1.807) is 0 Å². The number of nitrogens with zero attached hydrogens (tertiary/aromatic N) is 5. The Bertz CT molecular complexity index is 462. The zero-order valence-electron chi connectivity index (χ0n) is 8.21. The first-order chi connectivity index (χ1) is 7.78. The first-order valence-electron chi connectivity index (χ1n) is 4.22. The van der Waals surface area contributed by atoms with E-state index in [0.717, 1.165) is 0 Å². The van der Waals surface area contributed by atoms with E-state index in [-0.39, 0.29) is 17.2 Å². The van der Waals surface area contributed by atoms with Gasteiger partial charge in [0.05, 0.1) is 13.7 Å². The summed E-state index contributed by atoms with van der Waals surface area (Å²) in [5.74, 6) is 0.761. The average molecular weight is 243 g/mol. The smallest absolute Gasteiger partial charge is 0.322 e. The molecule has 8 nitrogen and oxygen atoms in total. The summed E-state index contributed by atoms with van der Waals surface area (Å²) in [6.45, 7) is 0.319. The Morgan fingerprint density at radius 3 is 3.00 bits per heavy atom. The fourth-order valence-corrected chi connectivity index (χ4v) is 1.08. The van der Waals surface area contributed by atoms with Crippen molar-refractivity contribution in [3.63, 3.8) is 0 Å². The molecule has 1 N–H and O–H groups in total. The summed E-state index contributed by atoms with van der Waals surface area (Å²) in [4.78, 5) is 15.3. The number of rotatable bonds is 4. The van der Waals surface area contributed by atoms with Crippen molar-refractivity contribution in [3.8, 4) is 6.01 Å². The largest absolute Gasteiger partial charge is 0.467 e. The van der Waals surface area contributed by atoms with Crippen LogP contribution >= 0.6 is 11.6 Å². The lowest BCUT2D eigenvalue weighted by atomic mass is 10.6. The summed E-state index contributed by atoms with van der Waals surface area (Å²) in [6.07, 6.45) is 1.23. The minimum absolute atomic E-state index is 0.0439. The highest BCUT2D eigenvalue weighted by molar-refractivity contribution is 6.28. The normalized spacial score (nSPS) is 10.1. The standard InChI is InChI=1S/C7H7ClN6O2/c1-15-7-12-5(8)11-6(13-7)9-2-4-10-3-16-14-4/h3H,2H2,1H3,(H,9,11,12,13). The van der Waals surface area contributed by atoms with Crippen LogP contribution in [0.4, 0.5) is 5.95 Å². The van der Waals surface area contributed by atoms with E-state index in [9.17, 15) is 0 Å². The summed E-state index contributed by atoms with van der Waals surface area (Å²) in [6, 6.07) is 0.135. The minimum Gasteiger partial charge on any atom is -0.467 e. The van der Waals surface area contributed by atoms with Gasteiger partial charge >= 0.3 is 6.01 Å². The van der Waals surface area contributed by atoms with Gasteiger partial charge in [0.1, 0.15) is 0 Å². The van der Waals surface area contributed by atoms with Crippen molar-refractivity contribution in [1.82, 2.24) is 25.1 Å². The third-order valence-electron chi connectivity index (χ3n) is 1.58. The van der Waals surface area contributed by atoms with E-state index in [0.29, 0.717) is 12.4 Å². The molecule has 16 heavy (non-hydrogen) atoms. The molecule has 0 spiro atoms. The van der Waals surface area contributed by atoms with Crippen LogP contribution in [0.25, 0.3) is 0 Å². The van der Waals surface area contributed by atoms with Crippen LogP contribution in [0.3, 0.4) is 0 Å². The molecule has 0 amide bonds. The van der Waals surface area contributed by atoms with Gasteiger partial charge in [-0.1, -0.05) is 5.16 Å². The summed E-state index contributed by atoms with van der Waals surface area (Å²) < 4.78 is 9.40. The van der Waals surface area contributed by atoms with Crippen LogP contribution in [0, 0.1) is 0 Å². The average Bonchev–Trinajstić information content (AvgIpc) is 2.78. The minimum atomic E-state index is 0.0439. The van der Waals surface area contributed by atoms with Gasteiger partial charge in [-0.15, -0.1) is 0 Å². The number of hydrogen-bond donors (Lipinski definition) is 1. The molecule has 2 rings (SSSR count). The molecule has 0 bridgehead atoms. The van der Waals surface area contributed by atoms with Crippen molar-refractivity contribution in [2.45, 2.75) is 6.54 Å². The van der Waals surface area contributed by atoms with Crippen LogP contribution < -0.4 is 10.1 Å². The van der Waals surface area contributed by atoms with Crippen molar-refractivity contribution >= 4 is 17.5 Å². The molecule has 0 radical (unpaired) electrons. The highest BCUT2D eigenvalue weighted by Gasteiger charge is 2.05. The van der Waals surface area contributed by atoms with Crippen molar-refractivity contribution in [2.75, 3.05) is 12.4 Å². The van der Waals surface area contributed by atoms with Gasteiger partial charge in [0.25, 0.3) is 0 Å². The molecule has 0 atom stereocenters. The lowest BCUT2D eigenvalue weighted by Crippen LogP contribution is -2.06. The van der Waals surface area contributed by atoms with E-state index in [4.69, 9.17) is 16.3 Å². The second kappa shape index (κ2) is 4.71. The predicted octanol–water partition coefficient (Wildman–Crippen LogP) is 0.529. The quantitative estimate of drug-likeness (QED) is 0.829. The third kappa shape index (κ3) is 2.54. The van der Waals surface area contributed by atoms with Gasteiger partial charge in [-0.25, -0.2) is 0 Å². The second-order valence-electron chi connectivity index (χ2n) is 2.62. The molecule has 2 heterocycles. The number of hydrogen-bond acceptors (Lipinski definition) is 8. The molecule has 2 aromatic heterocycles. The zero-order chi connectivity index (χ0) is 11.4. The van der Waals surface area contributed by atoms with Gasteiger partial charge in [0.2, 0.25) is 17.6 Å². The van der Waals surface area contributed by atoms with Gasteiger partial charge < -0.3 is 14.6 Å². The fraction of sp³-hybridized carbons (Fsp3) is 0.286. The molecule has 84 valence electrons. The number of aromatic nitrogens is 5. The molecule has 0 saturated heterocycles. The van der Waals surface area contributed by atoms with Crippen LogP contribution in [0.5, 0.6) is 6.01 Å². The molecule has 2 aromatic rings. The van der Waals surface area contributed by atoms with Gasteiger partial charge in [0.15, 0.2) is 5.82 Å². The Balaban J connectivity index is 2.06. The molecular formula is C7H7ClN6O2. The zero-order valence-corrected chi connectivity index (χ0v) is 8.97. The van der Waals surface area contributed by atoms with E-state index >= 15 is 0 Å². The van der Waals surface area contributed by atoms with Crippen LogP contribution in [0.15, 0.2) is 10.9 Å². The van der Waals surface area contributed by atoms with Gasteiger partial charge in [0, 0.05) is 0 Å². The number of ether oxygens (including phenoxy) is 1. The monoisotopic (exact) mass is 242 g/mol. The maximum atomic E-state index is 5.66. The van der Waals surface area contributed by atoms with Crippen LogP contribution in [-0.2, 0) is 6.54 Å². The number of nitrogens with one attached hydrogen (secondary N) is 1. The van der Waals surface area contributed by atoms with E-state index in [1.807, 2.05) is 0 Å². The third-order valence-corrected chi connectivity index (χ3v) is 1.75. The van der Waals surface area contributed by atoms with Crippen molar-refractivity contribution in [1.29, 1.82) is 0 Å². The number of anilines is 1. The maximum absolute atomic E-state index is 5.66. The first-order valence-corrected chi connectivity index (χ1v) is 4.60. The number of methoxy groups -OCH3 is 1. The van der Waals surface area contributed by atoms with Gasteiger partial charge in [-0.3, -0.25) is 0 Å². The predicted molar refractivity (Wildman–Crippen MR) is 53.0 cm³/mol. The Morgan fingerprint density at radius 1 is 1.44 bits per heavy atom. The first kappa shape index (κ1) is 10.6. The summed E-state index contributed by atoms with van der Waals surface area (Å²) in [5.41, 5.74) is 0. The SMILES string of the molecule is COc1nc(Cl)nc(NCc2ncon2)n1. The molecule has 0 aromatic carbocycles. The summed E-state index contributed by atoms with van der Waals surface area (Å²) >= 11 is 5.66. The van der Waals surface area contributed by atoms with Gasteiger partial charge in [-0.05, 0) is 11.6 Å². The van der Waals surface area contributed by atoms with Crippen LogP contribution in [-0.4, -0.2) is 32.2 Å². The molecule has 0 aliphatic heterocycles. The topological polar surface area (TPSA) is 98.9 Å². The molecule has 0 aliphatic carbocycles. The second-order valence-corrected chi connectivity index (χ2v) is 2.95. The molecule has 0 fully saturated rings. The lowest BCUT2D eigenvalue weighted by Gasteiger charge is -2.03. The van der Waals surface area contributed by atoms with E-state index < -0.39 is 0 Å². The Kier molecular flexibility index (Phi) is 3.10. The molecule has 9 heteroatoms. The van der Waals surface area contributed by atoms with E-state index in [1.165, 1.54) is 13.5 Å². The van der Waals surface area contributed by atoms with Crippen molar-refractivity contribution in [2.24, 2.45) is 0 Å². The van der Waals surface area contributed by atoms with E-state index in [2.05, 4.69) is 34.9 Å². The summed E-state index contributed by atoms with van der Waals surface area (Å²) in [5, 5.41) is 6.51. The fourth-order valence-electron chi connectivity index (χ4n) is 0.931. The van der Waals surface area contributed by atoms with Crippen molar-refractivity contribution < 1.29 is 9.26 Å². The molecular weight excluding hydrogens is 236 g/mol. The molecule has 0 saturated carbocycles.